The second-order valence-electron chi connectivity index (χ2n) is 6.73. The molecule has 0 spiro atoms. The summed E-state index contributed by atoms with van der Waals surface area (Å²) in [7, 11) is 0. The van der Waals surface area contributed by atoms with Crippen LogP contribution in [0.15, 0.2) is 42.7 Å². The lowest BCUT2D eigenvalue weighted by atomic mass is 10.1. The molecule has 0 radical (unpaired) electrons. The highest BCUT2D eigenvalue weighted by Crippen LogP contribution is 2.26. The first kappa shape index (κ1) is 16.4. The van der Waals surface area contributed by atoms with Crippen LogP contribution in [0.3, 0.4) is 0 Å². The first-order valence-electron chi connectivity index (χ1n) is 8.71. The maximum absolute atomic E-state index is 5.99. The van der Waals surface area contributed by atoms with Gasteiger partial charge >= 0.3 is 0 Å². The number of nitrogens with zero attached hydrogens (tertiary/aromatic N) is 5. The second kappa shape index (κ2) is 6.65. The van der Waals surface area contributed by atoms with Gasteiger partial charge in [0, 0.05) is 55.2 Å². The van der Waals surface area contributed by atoms with E-state index in [4.69, 9.17) is 16.7 Å². The summed E-state index contributed by atoms with van der Waals surface area (Å²) in [4.78, 5) is 9.52. The van der Waals surface area contributed by atoms with E-state index in [9.17, 15) is 0 Å². The standard InChI is InChI=1S/C19H22ClN5/c1-14(2)23-9-11-24(12-10-23)19-18-13-17(22-25(18)8-7-21-19)15-3-5-16(20)6-4-15/h3-8,13-14H,9-12H2,1-2H3. The summed E-state index contributed by atoms with van der Waals surface area (Å²) in [6.07, 6.45) is 3.73. The first-order valence-corrected chi connectivity index (χ1v) is 9.09. The van der Waals surface area contributed by atoms with Gasteiger partial charge in [-0.3, -0.25) is 4.90 Å². The van der Waals surface area contributed by atoms with E-state index in [2.05, 4.69) is 34.7 Å². The fraction of sp³-hybridized carbons (Fsp3) is 0.368. The lowest BCUT2D eigenvalue weighted by Crippen LogP contribution is -2.49. The molecule has 0 bridgehead atoms. The van der Waals surface area contributed by atoms with E-state index in [0.29, 0.717) is 6.04 Å². The number of hydrogen-bond donors (Lipinski definition) is 0. The SMILES string of the molecule is CC(C)N1CCN(c2nccn3nc(-c4ccc(Cl)cc4)cc23)CC1. The van der Waals surface area contributed by atoms with Crippen molar-refractivity contribution in [1.29, 1.82) is 0 Å². The Kier molecular flexibility index (Phi) is 4.36. The van der Waals surface area contributed by atoms with Crippen LogP contribution in [-0.4, -0.2) is 51.7 Å². The summed E-state index contributed by atoms with van der Waals surface area (Å²) in [5.41, 5.74) is 3.04. The first-order chi connectivity index (χ1) is 12.1. The van der Waals surface area contributed by atoms with Gasteiger partial charge in [-0.05, 0) is 32.0 Å². The van der Waals surface area contributed by atoms with Crippen molar-refractivity contribution >= 4 is 22.9 Å². The van der Waals surface area contributed by atoms with Gasteiger partial charge in [0.15, 0.2) is 5.82 Å². The minimum Gasteiger partial charge on any atom is -0.352 e. The van der Waals surface area contributed by atoms with Crippen molar-refractivity contribution in [2.24, 2.45) is 0 Å². The molecule has 1 aliphatic rings. The average Bonchev–Trinajstić information content (AvgIpc) is 3.06. The molecule has 0 saturated carbocycles. The molecule has 1 aromatic carbocycles. The van der Waals surface area contributed by atoms with Crippen molar-refractivity contribution in [3.8, 4) is 11.3 Å². The number of benzene rings is 1. The van der Waals surface area contributed by atoms with E-state index in [1.54, 1.807) is 0 Å². The molecule has 3 heterocycles. The maximum Gasteiger partial charge on any atom is 0.154 e. The number of fused-ring (bicyclic) bond motifs is 1. The molecule has 4 rings (SSSR count). The van der Waals surface area contributed by atoms with Crippen molar-refractivity contribution in [3.05, 3.63) is 47.7 Å². The normalized spacial score (nSPS) is 16.1. The third-order valence-electron chi connectivity index (χ3n) is 4.85. The Labute approximate surface area is 152 Å². The Morgan fingerprint density at radius 1 is 1.04 bits per heavy atom. The summed E-state index contributed by atoms with van der Waals surface area (Å²) in [6, 6.07) is 10.5. The summed E-state index contributed by atoms with van der Waals surface area (Å²) >= 11 is 5.99. The molecule has 5 nitrogen and oxygen atoms in total. The molecule has 1 saturated heterocycles. The Morgan fingerprint density at radius 2 is 1.76 bits per heavy atom. The van der Waals surface area contributed by atoms with Crippen molar-refractivity contribution < 1.29 is 0 Å². The summed E-state index contributed by atoms with van der Waals surface area (Å²) in [5, 5.41) is 5.44. The van der Waals surface area contributed by atoms with Gasteiger partial charge in [0.05, 0.1) is 5.69 Å². The summed E-state index contributed by atoms with van der Waals surface area (Å²) in [6.45, 7) is 8.63. The molecule has 25 heavy (non-hydrogen) atoms. The molecule has 0 amide bonds. The van der Waals surface area contributed by atoms with Crippen molar-refractivity contribution in [3.63, 3.8) is 0 Å². The van der Waals surface area contributed by atoms with Gasteiger partial charge in [-0.2, -0.15) is 5.10 Å². The van der Waals surface area contributed by atoms with Gasteiger partial charge in [0.2, 0.25) is 0 Å². The van der Waals surface area contributed by atoms with Crippen LogP contribution in [0.2, 0.25) is 5.02 Å². The molecule has 6 heteroatoms. The number of anilines is 1. The topological polar surface area (TPSA) is 36.7 Å². The van der Waals surface area contributed by atoms with Gasteiger partial charge in [0.25, 0.3) is 0 Å². The van der Waals surface area contributed by atoms with E-state index < -0.39 is 0 Å². The second-order valence-corrected chi connectivity index (χ2v) is 7.17. The van der Waals surface area contributed by atoms with Crippen molar-refractivity contribution in [2.75, 3.05) is 31.1 Å². The number of hydrogen-bond acceptors (Lipinski definition) is 4. The fourth-order valence-corrected chi connectivity index (χ4v) is 3.49. The minimum atomic E-state index is 0.595. The highest BCUT2D eigenvalue weighted by Gasteiger charge is 2.22. The third-order valence-corrected chi connectivity index (χ3v) is 5.11. The average molecular weight is 356 g/mol. The maximum atomic E-state index is 5.99. The molecule has 0 atom stereocenters. The number of aromatic nitrogens is 3. The number of halogens is 1. The van der Waals surface area contributed by atoms with Crippen LogP contribution < -0.4 is 4.90 Å². The summed E-state index contributed by atoms with van der Waals surface area (Å²) < 4.78 is 1.92. The minimum absolute atomic E-state index is 0.595. The number of piperazine rings is 1. The monoisotopic (exact) mass is 355 g/mol. The molecule has 1 aliphatic heterocycles. The zero-order valence-electron chi connectivity index (χ0n) is 14.6. The Balaban J connectivity index is 1.65. The van der Waals surface area contributed by atoms with Gasteiger partial charge in [0.1, 0.15) is 5.52 Å². The highest BCUT2D eigenvalue weighted by molar-refractivity contribution is 6.30. The van der Waals surface area contributed by atoms with E-state index in [1.807, 2.05) is 41.2 Å². The summed E-state index contributed by atoms with van der Waals surface area (Å²) in [5.74, 6) is 1.01. The van der Waals surface area contributed by atoms with Crippen LogP contribution in [-0.2, 0) is 0 Å². The van der Waals surface area contributed by atoms with Crippen LogP contribution in [0.5, 0.6) is 0 Å². The van der Waals surface area contributed by atoms with Crippen LogP contribution in [0.1, 0.15) is 13.8 Å². The molecule has 3 aromatic rings. The van der Waals surface area contributed by atoms with Gasteiger partial charge in [-0.15, -0.1) is 0 Å². The van der Waals surface area contributed by atoms with Crippen LogP contribution in [0.25, 0.3) is 16.8 Å². The lowest BCUT2D eigenvalue weighted by Gasteiger charge is -2.37. The predicted molar refractivity (Wildman–Crippen MR) is 102 cm³/mol. The largest absolute Gasteiger partial charge is 0.352 e. The molecule has 2 aromatic heterocycles. The molecule has 0 aliphatic carbocycles. The van der Waals surface area contributed by atoms with E-state index in [-0.39, 0.29) is 0 Å². The molecule has 130 valence electrons. The molecular weight excluding hydrogens is 334 g/mol. The molecular formula is C19H22ClN5. The van der Waals surface area contributed by atoms with Gasteiger partial charge in [-0.1, -0.05) is 23.7 Å². The van der Waals surface area contributed by atoms with Gasteiger partial charge < -0.3 is 4.90 Å². The van der Waals surface area contributed by atoms with E-state index >= 15 is 0 Å². The molecule has 0 N–H and O–H groups in total. The zero-order valence-corrected chi connectivity index (χ0v) is 15.3. The lowest BCUT2D eigenvalue weighted by molar-refractivity contribution is 0.209. The Morgan fingerprint density at radius 3 is 2.44 bits per heavy atom. The molecule has 1 fully saturated rings. The van der Waals surface area contributed by atoms with Crippen LogP contribution in [0.4, 0.5) is 5.82 Å². The Hall–Kier alpha value is -2.11. The Bertz CT molecular complexity index is 863. The van der Waals surface area contributed by atoms with Crippen molar-refractivity contribution in [2.45, 2.75) is 19.9 Å². The van der Waals surface area contributed by atoms with Crippen molar-refractivity contribution in [1.82, 2.24) is 19.5 Å². The number of rotatable bonds is 3. The molecule has 0 unspecified atom stereocenters. The fourth-order valence-electron chi connectivity index (χ4n) is 3.36. The quantitative estimate of drug-likeness (QED) is 0.719. The zero-order chi connectivity index (χ0) is 17.4. The van der Waals surface area contributed by atoms with E-state index in [1.165, 1.54) is 0 Å². The van der Waals surface area contributed by atoms with Crippen LogP contribution in [0, 0.1) is 0 Å². The third kappa shape index (κ3) is 3.22. The van der Waals surface area contributed by atoms with E-state index in [0.717, 1.165) is 53.8 Å². The van der Waals surface area contributed by atoms with Gasteiger partial charge in [-0.25, -0.2) is 9.50 Å². The van der Waals surface area contributed by atoms with Crippen LogP contribution >= 0.6 is 11.6 Å². The highest BCUT2D eigenvalue weighted by atomic mass is 35.5. The smallest absolute Gasteiger partial charge is 0.154 e. The predicted octanol–water partition coefficient (Wildman–Crippen LogP) is 3.58.